The van der Waals surface area contributed by atoms with Crippen LogP contribution in [0.1, 0.15) is 6.42 Å². The highest BCUT2D eigenvalue weighted by Gasteiger charge is 2.12. The van der Waals surface area contributed by atoms with Gasteiger partial charge in [-0.15, -0.1) is 0 Å². The lowest BCUT2D eigenvalue weighted by Crippen LogP contribution is -2.22. The molecule has 158 valence electrons. The van der Waals surface area contributed by atoms with Gasteiger partial charge in [0, 0.05) is 54.6 Å². The molecule has 1 rings (SSSR count). The summed E-state index contributed by atoms with van der Waals surface area (Å²) in [5.41, 5.74) is 5.24. The maximum Gasteiger partial charge on any atom is 0.384 e. The zero-order valence-electron chi connectivity index (χ0n) is 17.0. The van der Waals surface area contributed by atoms with Gasteiger partial charge in [0.15, 0.2) is 0 Å². The smallest absolute Gasteiger partial charge is 0.347 e. The summed E-state index contributed by atoms with van der Waals surface area (Å²) in [6, 6.07) is 0. The molecule has 0 aliphatic carbocycles. The molecule has 0 radical (unpaired) electrons. The number of anilines is 3. The molecule has 0 saturated carbocycles. The van der Waals surface area contributed by atoms with Crippen molar-refractivity contribution in [2.45, 2.75) is 6.42 Å². The largest absolute Gasteiger partial charge is 0.384 e. The van der Waals surface area contributed by atoms with Gasteiger partial charge in [-0.3, -0.25) is 0 Å². The van der Waals surface area contributed by atoms with Crippen LogP contribution in [0.2, 0.25) is 0 Å². The molecule has 0 aliphatic heterocycles. The summed E-state index contributed by atoms with van der Waals surface area (Å²) in [5.74, 6) is 2.42. The summed E-state index contributed by atoms with van der Waals surface area (Å²) in [7, 11) is 11.5. The van der Waals surface area contributed by atoms with Gasteiger partial charge < -0.3 is 35.5 Å². The van der Waals surface area contributed by atoms with Crippen LogP contribution in [0.3, 0.4) is 0 Å². The third-order valence-corrected chi connectivity index (χ3v) is 5.18. The van der Waals surface area contributed by atoms with Crippen LogP contribution in [-0.4, -0.2) is 92.4 Å². The standard InChI is InChI=1S/C9H18N6.C5H15N2O3PS/c1-13(2)7-10-8(14(3)4)12-9(11-7)15(5)6;6-2-1-3-7-4-5-12-11(8,9)10/h1-6H3;7H,1-6H2,(H2,8,9,10). The monoisotopic (exact) mass is 424 g/mol. The molecule has 1 heterocycles. The predicted molar refractivity (Wildman–Crippen MR) is 114 cm³/mol. The molecule has 0 aliphatic rings. The summed E-state index contributed by atoms with van der Waals surface area (Å²) in [6.07, 6.45) is 0.889. The lowest BCUT2D eigenvalue weighted by molar-refractivity contribution is 0.397. The second-order valence-corrected chi connectivity index (χ2v) is 9.98. The third-order valence-electron chi connectivity index (χ3n) is 2.90. The Labute approximate surface area is 165 Å². The van der Waals surface area contributed by atoms with Gasteiger partial charge in [0.2, 0.25) is 17.8 Å². The molecule has 13 heteroatoms. The van der Waals surface area contributed by atoms with Crippen molar-refractivity contribution in [2.75, 3.05) is 82.4 Å². The van der Waals surface area contributed by atoms with Crippen LogP contribution in [0.5, 0.6) is 0 Å². The minimum atomic E-state index is -3.87. The molecule has 0 fully saturated rings. The molecule has 0 amide bonds. The van der Waals surface area contributed by atoms with Crippen molar-refractivity contribution in [1.29, 1.82) is 0 Å². The molecule has 0 aromatic carbocycles. The minimum absolute atomic E-state index is 0.425. The predicted octanol–water partition coefficient (Wildman–Crippen LogP) is -0.180. The topological polar surface area (TPSA) is 144 Å². The molecule has 1 aromatic heterocycles. The molecule has 0 spiro atoms. The number of aromatic nitrogens is 3. The summed E-state index contributed by atoms with van der Waals surface area (Å²) < 4.78 is 10.3. The van der Waals surface area contributed by atoms with E-state index in [1.165, 1.54) is 0 Å². The van der Waals surface area contributed by atoms with Crippen molar-refractivity contribution < 1.29 is 14.4 Å². The molecule has 0 bridgehead atoms. The lowest BCUT2D eigenvalue weighted by Gasteiger charge is -2.18. The Kier molecular flexibility index (Phi) is 12.5. The first-order valence-corrected chi connectivity index (χ1v) is 11.6. The van der Waals surface area contributed by atoms with E-state index >= 15 is 0 Å². The van der Waals surface area contributed by atoms with Gasteiger partial charge in [0.05, 0.1) is 0 Å². The Balaban J connectivity index is 0.000000516. The lowest BCUT2D eigenvalue weighted by atomic mass is 10.4. The van der Waals surface area contributed by atoms with E-state index in [9.17, 15) is 4.57 Å². The zero-order chi connectivity index (χ0) is 21.0. The van der Waals surface area contributed by atoms with Crippen molar-refractivity contribution in [3.05, 3.63) is 0 Å². The second kappa shape index (κ2) is 13.1. The summed E-state index contributed by atoms with van der Waals surface area (Å²) in [5, 5.41) is 3.01. The second-order valence-electron chi connectivity index (χ2n) is 6.13. The summed E-state index contributed by atoms with van der Waals surface area (Å²) in [4.78, 5) is 35.4. The fourth-order valence-electron chi connectivity index (χ4n) is 1.53. The van der Waals surface area contributed by atoms with Crippen molar-refractivity contribution >= 4 is 36.0 Å². The number of rotatable bonds is 10. The van der Waals surface area contributed by atoms with Gasteiger partial charge in [0.1, 0.15) is 0 Å². The maximum absolute atomic E-state index is 10.3. The zero-order valence-corrected chi connectivity index (χ0v) is 18.7. The highest BCUT2D eigenvalue weighted by molar-refractivity contribution is 8.54. The maximum atomic E-state index is 10.3. The van der Waals surface area contributed by atoms with E-state index in [-0.39, 0.29) is 0 Å². The van der Waals surface area contributed by atoms with Crippen LogP contribution in [0, 0.1) is 0 Å². The molecular formula is C14H33N8O3PS. The first-order chi connectivity index (χ1) is 12.5. The van der Waals surface area contributed by atoms with Crippen LogP contribution >= 0.6 is 18.2 Å². The van der Waals surface area contributed by atoms with Crippen molar-refractivity contribution in [2.24, 2.45) is 5.73 Å². The van der Waals surface area contributed by atoms with Crippen molar-refractivity contribution in [1.82, 2.24) is 20.3 Å². The van der Waals surface area contributed by atoms with Crippen LogP contribution in [0.25, 0.3) is 0 Å². The Morgan fingerprint density at radius 1 is 0.926 bits per heavy atom. The molecular weight excluding hydrogens is 391 g/mol. The molecule has 0 atom stereocenters. The average molecular weight is 425 g/mol. The van der Waals surface area contributed by atoms with E-state index in [0.717, 1.165) is 13.0 Å². The number of nitrogens with two attached hydrogens (primary N) is 1. The van der Waals surface area contributed by atoms with E-state index in [4.69, 9.17) is 15.5 Å². The number of nitrogens with one attached hydrogen (secondary N) is 1. The van der Waals surface area contributed by atoms with Crippen LogP contribution in [0.15, 0.2) is 0 Å². The fraction of sp³-hybridized carbons (Fsp3) is 0.786. The van der Waals surface area contributed by atoms with Crippen molar-refractivity contribution in [3.8, 4) is 0 Å². The highest BCUT2D eigenvalue weighted by Crippen LogP contribution is 2.49. The Morgan fingerprint density at radius 3 is 1.63 bits per heavy atom. The average Bonchev–Trinajstić information content (AvgIpc) is 2.57. The highest BCUT2D eigenvalue weighted by atomic mass is 32.7. The Bertz CT molecular complexity index is 521. The van der Waals surface area contributed by atoms with E-state index in [1.807, 2.05) is 57.0 Å². The Hall–Kier alpha value is -1.17. The van der Waals surface area contributed by atoms with Gasteiger partial charge in [-0.05, 0) is 30.9 Å². The van der Waals surface area contributed by atoms with E-state index in [0.29, 0.717) is 48.1 Å². The number of hydrogen-bond donors (Lipinski definition) is 4. The minimum Gasteiger partial charge on any atom is -0.347 e. The van der Waals surface area contributed by atoms with Gasteiger partial charge >= 0.3 is 6.80 Å². The normalized spacial score (nSPS) is 10.9. The van der Waals surface area contributed by atoms with Gasteiger partial charge in [-0.25, -0.2) is 4.57 Å². The van der Waals surface area contributed by atoms with Crippen LogP contribution in [-0.2, 0) is 4.57 Å². The van der Waals surface area contributed by atoms with Crippen LogP contribution < -0.4 is 25.8 Å². The van der Waals surface area contributed by atoms with Crippen molar-refractivity contribution in [3.63, 3.8) is 0 Å². The molecule has 0 saturated heterocycles. The molecule has 1 aromatic rings. The van der Waals surface area contributed by atoms with Gasteiger partial charge in [-0.2, -0.15) is 15.0 Å². The first kappa shape index (κ1) is 25.8. The molecule has 0 unspecified atom stereocenters. The number of nitrogens with zero attached hydrogens (tertiary/aromatic N) is 6. The quantitative estimate of drug-likeness (QED) is 0.292. The van der Waals surface area contributed by atoms with Gasteiger partial charge in [-0.1, -0.05) is 0 Å². The Morgan fingerprint density at radius 2 is 1.33 bits per heavy atom. The molecule has 5 N–H and O–H groups in total. The first-order valence-electron chi connectivity index (χ1n) is 8.36. The molecule has 11 nitrogen and oxygen atoms in total. The van der Waals surface area contributed by atoms with E-state index < -0.39 is 6.80 Å². The number of hydrogen-bond acceptors (Lipinski definition) is 10. The van der Waals surface area contributed by atoms with Gasteiger partial charge in [0.25, 0.3) is 0 Å². The van der Waals surface area contributed by atoms with E-state index in [1.54, 1.807) is 0 Å². The summed E-state index contributed by atoms with van der Waals surface area (Å²) in [6.45, 7) is -1.82. The van der Waals surface area contributed by atoms with Crippen LogP contribution in [0.4, 0.5) is 17.8 Å². The van der Waals surface area contributed by atoms with E-state index in [2.05, 4.69) is 20.3 Å². The summed E-state index contributed by atoms with van der Waals surface area (Å²) >= 11 is 0.665. The SMILES string of the molecule is CN(C)c1nc(N(C)C)nc(N(C)C)n1.NCCCNCCSP(=O)(O)O. The molecule has 27 heavy (non-hydrogen) atoms. The third kappa shape index (κ3) is 12.8. The fourth-order valence-corrected chi connectivity index (χ4v) is 2.99.